The normalized spacial score (nSPS) is 15.6. The molecule has 0 bridgehead atoms. The molecule has 6 nitrogen and oxygen atoms in total. The van der Waals surface area contributed by atoms with Crippen LogP contribution in [0.5, 0.6) is 0 Å². The molecule has 0 fully saturated rings. The number of rotatable bonds is 24. The Morgan fingerprint density at radius 1 is 0.667 bits per heavy atom. The van der Waals surface area contributed by atoms with Crippen LogP contribution in [0.2, 0.25) is 0 Å². The number of unbranched alkanes of at least 4 members (excludes halogenated alkanes) is 9. The SMILES string of the molecule is CCCCC/C=C/CC/C=C/CCCC(O)C(O)C(CO)NC(=O)C(O)CC/C=C\CCCCCC. The molecule has 210 valence electrons. The lowest BCUT2D eigenvalue weighted by molar-refractivity contribution is -0.132. The van der Waals surface area contributed by atoms with E-state index in [2.05, 4.69) is 49.5 Å². The lowest BCUT2D eigenvalue weighted by Crippen LogP contribution is -2.53. The molecule has 4 unspecified atom stereocenters. The summed E-state index contributed by atoms with van der Waals surface area (Å²) < 4.78 is 0. The molecule has 0 aliphatic rings. The van der Waals surface area contributed by atoms with E-state index in [1.807, 2.05) is 6.08 Å². The summed E-state index contributed by atoms with van der Waals surface area (Å²) in [5.74, 6) is -0.640. The van der Waals surface area contributed by atoms with Crippen molar-refractivity contribution in [1.82, 2.24) is 5.32 Å². The van der Waals surface area contributed by atoms with Crippen LogP contribution in [-0.4, -0.2) is 57.3 Å². The van der Waals surface area contributed by atoms with Crippen LogP contribution in [0, 0.1) is 0 Å². The van der Waals surface area contributed by atoms with E-state index in [4.69, 9.17) is 0 Å². The average Bonchev–Trinajstić information content (AvgIpc) is 2.88. The van der Waals surface area contributed by atoms with Crippen LogP contribution in [0.25, 0.3) is 0 Å². The maximum absolute atomic E-state index is 12.2. The van der Waals surface area contributed by atoms with E-state index in [0.29, 0.717) is 19.3 Å². The minimum atomic E-state index is -1.30. The Morgan fingerprint density at radius 3 is 1.75 bits per heavy atom. The van der Waals surface area contributed by atoms with E-state index in [-0.39, 0.29) is 6.42 Å². The van der Waals surface area contributed by atoms with Gasteiger partial charge in [0.25, 0.3) is 0 Å². The summed E-state index contributed by atoms with van der Waals surface area (Å²) in [4.78, 5) is 12.2. The maximum Gasteiger partial charge on any atom is 0.249 e. The fourth-order valence-corrected chi connectivity index (χ4v) is 3.89. The van der Waals surface area contributed by atoms with Gasteiger partial charge in [0.2, 0.25) is 5.91 Å². The molecule has 6 heteroatoms. The van der Waals surface area contributed by atoms with Crippen LogP contribution in [-0.2, 0) is 4.79 Å². The minimum absolute atomic E-state index is 0.273. The predicted octanol–water partition coefficient (Wildman–Crippen LogP) is 5.50. The van der Waals surface area contributed by atoms with Gasteiger partial charge in [0, 0.05) is 0 Å². The molecule has 0 aliphatic heterocycles. The number of aliphatic hydroxyl groups is 4. The van der Waals surface area contributed by atoms with E-state index in [1.165, 1.54) is 38.5 Å². The molecule has 0 aromatic rings. The van der Waals surface area contributed by atoms with Crippen molar-refractivity contribution in [1.29, 1.82) is 0 Å². The molecule has 0 aliphatic carbocycles. The van der Waals surface area contributed by atoms with Crippen molar-refractivity contribution < 1.29 is 25.2 Å². The van der Waals surface area contributed by atoms with Crippen molar-refractivity contribution in [2.24, 2.45) is 0 Å². The van der Waals surface area contributed by atoms with Gasteiger partial charge in [-0.05, 0) is 70.6 Å². The second-order valence-corrected chi connectivity index (χ2v) is 9.72. The predicted molar refractivity (Wildman–Crippen MR) is 150 cm³/mol. The highest BCUT2D eigenvalue weighted by Crippen LogP contribution is 2.11. The first-order valence-electron chi connectivity index (χ1n) is 14.4. The Labute approximate surface area is 220 Å². The molecule has 0 saturated carbocycles. The largest absolute Gasteiger partial charge is 0.394 e. The van der Waals surface area contributed by atoms with Gasteiger partial charge in [0.05, 0.1) is 18.8 Å². The molecular formula is C30H55NO5. The second-order valence-electron chi connectivity index (χ2n) is 9.72. The van der Waals surface area contributed by atoms with Crippen LogP contribution < -0.4 is 5.32 Å². The zero-order valence-electron chi connectivity index (χ0n) is 23.0. The molecule has 0 radical (unpaired) electrons. The zero-order chi connectivity index (χ0) is 26.9. The quantitative estimate of drug-likeness (QED) is 0.0872. The molecular weight excluding hydrogens is 454 g/mol. The summed E-state index contributed by atoms with van der Waals surface area (Å²) >= 11 is 0. The lowest BCUT2D eigenvalue weighted by Gasteiger charge is -2.27. The first-order valence-corrected chi connectivity index (χ1v) is 14.4. The molecule has 0 spiro atoms. The van der Waals surface area contributed by atoms with E-state index < -0.39 is 36.9 Å². The third-order valence-electron chi connectivity index (χ3n) is 6.31. The molecule has 0 aromatic carbocycles. The van der Waals surface area contributed by atoms with Gasteiger partial charge in [-0.2, -0.15) is 0 Å². The molecule has 1 amide bonds. The molecule has 36 heavy (non-hydrogen) atoms. The van der Waals surface area contributed by atoms with Crippen molar-refractivity contribution in [2.45, 2.75) is 141 Å². The van der Waals surface area contributed by atoms with Gasteiger partial charge in [-0.1, -0.05) is 82.4 Å². The number of hydrogen-bond donors (Lipinski definition) is 5. The Kier molecular flexibility index (Phi) is 24.2. The molecule has 5 N–H and O–H groups in total. The van der Waals surface area contributed by atoms with Gasteiger partial charge in [-0.25, -0.2) is 0 Å². The monoisotopic (exact) mass is 509 g/mol. The fourth-order valence-electron chi connectivity index (χ4n) is 3.89. The number of nitrogens with one attached hydrogen (secondary N) is 1. The summed E-state index contributed by atoms with van der Waals surface area (Å²) in [7, 11) is 0. The average molecular weight is 510 g/mol. The number of amides is 1. The number of hydrogen-bond acceptors (Lipinski definition) is 5. The topological polar surface area (TPSA) is 110 Å². The first-order chi connectivity index (χ1) is 17.5. The van der Waals surface area contributed by atoms with Gasteiger partial charge >= 0.3 is 0 Å². The minimum Gasteiger partial charge on any atom is -0.394 e. The van der Waals surface area contributed by atoms with Crippen LogP contribution in [0.15, 0.2) is 36.5 Å². The van der Waals surface area contributed by atoms with Crippen LogP contribution in [0.4, 0.5) is 0 Å². The van der Waals surface area contributed by atoms with Gasteiger partial charge in [0.15, 0.2) is 0 Å². The smallest absolute Gasteiger partial charge is 0.249 e. The Morgan fingerprint density at radius 2 is 1.17 bits per heavy atom. The Balaban J connectivity index is 4.10. The summed E-state index contributed by atoms with van der Waals surface area (Å²) in [5.41, 5.74) is 0. The van der Waals surface area contributed by atoms with Gasteiger partial charge in [0.1, 0.15) is 12.2 Å². The van der Waals surface area contributed by atoms with E-state index >= 15 is 0 Å². The molecule has 0 aromatic heterocycles. The first kappa shape index (κ1) is 34.5. The van der Waals surface area contributed by atoms with Gasteiger partial charge in [-0.15, -0.1) is 0 Å². The summed E-state index contributed by atoms with van der Waals surface area (Å²) in [5, 5.41) is 42.8. The summed E-state index contributed by atoms with van der Waals surface area (Å²) in [6, 6.07) is -1.02. The van der Waals surface area contributed by atoms with Crippen LogP contribution in [0.1, 0.15) is 117 Å². The van der Waals surface area contributed by atoms with Crippen LogP contribution >= 0.6 is 0 Å². The molecule has 4 atom stereocenters. The molecule has 0 heterocycles. The number of allylic oxidation sites excluding steroid dienone is 6. The maximum atomic E-state index is 12.2. The number of carbonyl (C=O) groups excluding carboxylic acids is 1. The van der Waals surface area contributed by atoms with Crippen molar-refractivity contribution in [3.05, 3.63) is 36.5 Å². The van der Waals surface area contributed by atoms with Crippen molar-refractivity contribution in [2.75, 3.05) is 6.61 Å². The third kappa shape index (κ3) is 19.7. The van der Waals surface area contributed by atoms with Crippen LogP contribution in [0.3, 0.4) is 0 Å². The van der Waals surface area contributed by atoms with Crippen molar-refractivity contribution in [3.8, 4) is 0 Å². The van der Waals surface area contributed by atoms with E-state index in [1.54, 1.807) is 0 Å². The number of aliphatic hydroxyl groups excluding tert-OH is 4. The standard InChI is InChI=1S/C30H55NO5/c1-3-5-7-9-11-13-14-15-16-18-19-21-23-27(33)29(35)26(25-32)31-30(36)28(34)24-22-20-17-12-10-8-6-4-2/h11,13,16-18,20,26-29,32-35H,3-10,12,14-15,19,21-25H2,1-2H3,(H,31,36)/b13-11+,18-16+,20-17-. The second kappa shape index (κ2) is 25.2. The Bertz CT molecular complexity index is 590. The Hall–Kier alpha value is -1.47. The number of carbonyl (C=O) groups is 1. The van der Waals surface area contributed by atoms with Gasteiger partial charge < -0.3 is 25.7 Å². The highest BCUT2D eigenvalue weighted by molar-refractivity contribution is 5.80. The van der Waals surface area contributed by atoms with Crippen molar-refractivity contribution in [3.63, 3.8) is 0 Å². The molecule has 0 rings (SSSR count). The van der Waals surface area contributed by atoms with E-state index in [0.717, 1.165) is 38.5 Å². The lowest BCUT2D eigenvalue weighted by atomic mass is 10.0. The highest BCUT2D eigenvalue weighted by atomic mass is 16.3. The molecule has 0 saturated heterocycles. The highest BCUT2D eigenvalue weighted by Gasteiger charge is 2.28. The summed E-state index contributed by atoms with van der Waals surface area (Å²) in [6.07, 6.45) is 24.7. The fraction of sp³-hybridized carbons (Fsp3) is 0.767. The summed E-state index contributed by atoms with van der Waals surface area (Å²) in [6.45, 7) is 3.87. The van der Waals surface area contributed by atoms with Crippen molar-refractivity contribution >= 4 is 5.91 Å². The zero-order valence-corrected chi connectivity index (χ0v) is 23.0. The van der Waals surface area contributed by atoms with Gasteiger partial charge in [-0.3, -0.25) is 4.79 Å². The van der Waals surface area contributed by atoms with E-state index in [9.17, 15) is 25.2 Å². The third-order valence-corrected chi connectivity index (χ3v) is 6.31.